The van der Waals surface area contributed by atoms with Crippen molar-refractivity contribution in [1.29, 1.82) is 0 Å². The molecule has 1 aliphatic carbocycles. The van der Waals surface area contributed by atoms with E-state index in [1.807, 2.05) is 0 Å². The zero-order valence-corrected chi connectivity index (χ0v) is 8.96. The van der Waals surface area contributed by atoms with Crippen molar-refractivity contribution in [2.45, 2.75) is 27.7 Å². The summed E-state index contributed by atoms with van der Waals surface area (Å²) in [5.41, 5.74) is 4.15. The van der Waals surface area contributed by atoms with E-state index in [1.54, 1.807) is 0 Å². The van der Waals surface area contributed by atoms with Crippen molar-refractivity contribution in [3.8, 4) is 0 Å². The summed E-state index contributed by atoms with van der Waals surface area (Å²) in [5.74, 6) is 0.500. The molecule has 0 aromatic carbocycles. The highest BCUT2D eigenvalue weighted by Crippen LogP contribution is 2.24. The molecule has 0 heteroatoms. The predicted octanol–water partition coefficient (Wildman–Crippen LogP) is 4.03. The molecule has 0 aromatic rings. The average molecular weight is 174 g/mol. The van der Waals surface area contributed by atoms with Crippen LogP contribution < -0.4 is 0 Å². The van der Waals surface area contributed by atoms with Gasteiger partial charge in [-0.2, -0.15) is 0 Å². The van der Waals surface area contributed by atoms with Gasteiger partial charge in [-0.25, -0.2) is 0 Å². The van der Waals surface area contributed by atoms with E-state index in [-0.39, 0.29) is 0 Å². The van der Waals surface area contributed by atoms with Crippen LogP contribution in [0.25, 0.3) is 0 Å². The summed E-state index contributed by atoms with van der Waals surface area (Å²) in [4.78, 5) is 0. The van der Waals surface area contributed by atoms with Crippen molar-refractivity contribution < 1.29 is 0 Å². The fourth-order valence-corrected chi connectivity index (χ4v) is 1.50. The summed E-state index contributed by atoms with van der Waals surface area (Å²) in [6, 6.07) is 0. The van der Waals surface area contributed by atoms with E-state index in [1.165, 1.54) is 16.7 Å². The standard InChI is InChI=1S/C13H18/c1-10(2)8-12-6-5-7-13(12)9-11(3)4/h5-9,12H,1-4H3. The van der Waals surface area contributed by atoms with Crippen molar-refractivity contribution in [2.24, 2.45) is 5.92 Å². The molecule has 0 radical (unpaired) electrons. The van der Waals surface area contributed by atoms with Gasteiger partial charge >= 0.3 is 0 Å². The summed E-state index contributed by atoms with van der Waals surface area (Å²) in [7, 11) is 0. The molecule has 0 saturated heterocycles. The van der Waals surface area contributed by atoms with Gasteiger partial charge in [0.2, 0.25) is 0 Å². The molecule has 0 amide bonds. The Morgan fingerprint density at radius 3 is 2.38 bits per heavy atom. The molecular weight excluding hydrogens is 156 g/mol. The number of allylic oxidation sites excluding steroid dienone is 8. The monoisotopic (exact) mass is 174 g/mol. The summed E-state index contributed by atoms with van der Waals surface area (Å²) in [5, 5.41) is 0. The molecule has 0 spiro atoms. The highest BCUT2D eigenvalue weighted by molar-refractivity contribution is 5.40. The smallest absolute Gasteiger partial charge is 0.0204 e. The van der Waals surface area contributed by atoms with Gasteiger partial charge in [0.15, 0.2) is 0 Å². The van der Waals surface area contributed by atoms with E-state index in [0.29, 0.717) is 5.92 Å². The Balaban J connectivity index is 2.79. The molecule has 1 aliphatic rings. The van der Waals surface area contributed by atoms with Gasteiger partial charge in [-0.3, -0.25) is 0 Å². The van der Waals surface area contributed by atoms with E-state index in [2.05, 4.69) is 58.1 Å². The van der Waals surface area contributed by atoms with Crippen LogP contribution in [-0.4, -0.2) is 0 Å². The third-order valence-electron chi connectivity index (χ3n) is 1.96. The third-order valence-corrected chi connectivity index (χ3v) is 1.96. The first kappa shape index (κ1) is 10.0. The van der Waals surface area contributed by atoms with E-state index in [0.717, 1.165) is 0 Å². The second kappa shape index (κ2) is 4.27. The highest BCUT2D eigenvalue weighted by Gasteiger charge is 2.08. The van der Waals surface area contributed by atoms with Crippen LogP contribution in [0.5, 0.6) is 0 Å². The lowest BCUT2D eigenvalue weighted by atomic mass is 9.99. The van der Waals surface area contributed by atoms with Crippen LogP contribution in [0.4, 0.5) is 0 Å². The van der Waals surface area contributed by atoms with Gasteiger partial charge in [0, 0.05) is 5.92 Å². The van der Waals surface area contributed by atoms with Crippen molar-refractivity contribution in [3.63, 3.8) is 0 Å². The van der Waals surface area contributed by atoms with Crippen LogP contribution in [-0.2, 0) is 0 Å². The summed E-state index contributed by atoms with van der Waals surface area (Å²) >= 11 is 0. The van der Waals surface area contributed by atoms with Crippen LogP contribution in [0.2, 0.25) is 0 Å². The van der Waals surface area contributed by atoms with Gasteiger partial charge in [0.05, 0.1) is 0 Å². The van der Waals surface area contributed by atoms with Gasteiger partial charge < -0.3 is 0 Å². The first-order chi connectivity index (χ1) is 6.09. The Bertz CT molecular complexity index is 290. The minimum absolute atomic E-state index is 0.500. The summed E-state index contributed by atoms with van der Waals surface area (Å²) in [6.45, 7) is 8.57. The zero-order chi connectivity index (χ0) is 9.84. The van der Waals surface area contributed by atoms with Crippen LogP contribution >= 0.6 is 0 Å². The van der Waals surface area contributed by atoms with Gasteiger partial charge in [-0.1, -0.05) is 41.5 Å². The Morgan fingerprint density at radius 1 is 1.15 bits per heavy atom. The fourth-order valence-electron chi connectivity index (χ4n) is 1.50. The molecule has 1 atom stereocenters. The quantitative estimate of drug-likeness (QED) is 0.554. The van der Waals surface area contributed by atoms with Crippen LogP contribution in [0.15, 0.2) is 47.1 Å². The normalized spacial score (nSPS) is 19.7. The second-order valence-electron chi connectivity index (χ2n) is 4.04. The molecule has 1 unspecified atom stereocenters. The Morgan fingerprint density at radius 2 is 1.85 bits per heavy atom. The lowest BCUT2D eigenvalue weighted by Crippen LogP contribution is -1.92. The van der Waals surface area contributed by atoms with Gasteiger partial charge in [0.25, 0.3) is 0 Å². The van der Waals surface area contributed by atoms with E-state index < -0.39 is 0 Å². The minimum atomic E-state index is 0.500. The predicted molar refractivity (Wildman–Crippen MR) is 59.6 cm³/mol. The van der Waals surface area contributed by atoms with Crippen molar-refractivity contribution in [1.82, 2.24) is 0 Å². The summed E-state index contributed by atoms with van der Waals surface area (Å²) in [6.07, 6.45) is 11.1. The Kier molecular flexibility index (Phi) is 3.30. The number of hydrogen-bond donors (Lipinski definition) is 0. The van der Waals surface area contributed by atoms with Gasteiger partial charge in [-0.05, 0) is 33.3 Å². The zero-order valence-electron chi connectivity index (χ0n) is 8.96. The molecule has 0 nitrogen and oxygen atoms in total. The maximum absolute atomic E-state index is 2.30. The van der Waals surface area contributed by atoms with E-state index in [9.17, 15) is 0 Å². The molecule has 0 saturated carbocycles. The topological polar surface area (TPSA) is 0 Å². The molecule has 1 rings (SSSR count). The van der Waals surface area contributed by atoms with E-state index >= 15 is 0 Å². The first-order valence-corrected chi connectivity index (χ1v) is 4.78. The van der Waals surface area contributed by atoms with Gasteiger partial charge in [0.1, 0.15) is 0 Å². The first-order valence-electron chi connectivity index (χ1n) is 4.78. The highest BCUT2D eigenvalue weighted by atomic mass is 14.1. The van der Waals surface area contributed by atoms with Gasteiger partial charge in [-0.15, -0.1) is 0 Å². The molecule has 13 heavy (non-hydrogen) atoms. The maximum atomic E-state index is 2.30. The molecule has 0 heterocycles. The number of rotatable bonds is 2. The molecule has 0 fully saturated rings. The van der Waals surface area contributed by atoms with Crippen LogP contribution in [0.3, 0.4) is 0 Å². The van der Waals surface area contributed by atoms with Crippen molar-refractivity contribution in [3.05, 3.63) is 47.1 Å². The molecule has 0 aromatic heterocycles. The molecule has 70 valence electrons. The Labute approximate surface area is 81.4 Å². The SMILES string of the molecule is CC(C)=CC1=CC=CC1C=C(C)C. The lowest BCUT2D eigenvalue weighted by molar-refractivity contribution is 1.00. The average Bonchev–Trinajstić information content (AvgIpc) is 2.34. The molecular formula is C13H18. The third kappa shape index (κ3) is 3.06. The summed E-state index contributed by atoms with van der Waals surface area (Å²) < 4.78 is 0. The Hall–Kier alpha value is -1.04. The second-order valence-corrected chi connectivity index (χ2v) is 4.04. The molecule has 0 aliphatic heterocycles. The van der Waals surface area contributed by atoms with Crippen molar-refractivity contribution >= 4 is 0 Å². The van der Waals surface area contributed by atoms with Crippen LogP contribution in [0, 0.1) is 5.92 Å². The van der Waals surface area contributed by atoms with Crippen molar-refractivity contribution in [2.75, 3.05) is 0 Å². The minimum Gasteiger partial charge on any atom is -0.0795 e. The van der Waals surface area contributed by atoms with Crippen LogP contribution in [0.1, 0.15) is 27.7 Å². The van der Waals surface area contributed by atoms with E-state index in [4.69, 9.17) is 0 Å². The fraction of sp³-hybridized carbons (Fsp3) is 0.385. The maximum Gasteiger partial charge on any atom is 0.0204 e. The molecule has 0 N–H and O–H groups in total. The molecule has 0 bridgehead atoms. The lowest BCUT2D eigenvalue weighted by Gasteiger charge is -2.06. The number of hydrogen-bond acceptors (Lipinski definition) is 0. The largest absolute Gasteiger partial charge is 0.0795 e.